The summed E-state index contributed by atoms with van der Waals surface area (Å²) in [6.45, 7) is 6.67. The molecule has 0 atom stereocenters. The summed E-state index contributed by atoms with van der Waals surface area (Å²) in [5.41, 5.74) is 0. The second kappa shape index (κ2) is 8.39. The number of piperidine rings is 1. The van der Waals surface area contributed by atoms with Crippen molar-refractivity contribution in [1.82, 2.24) is 15.1 Å². The van der Waals surface area contributed by atoms with Crippen LogP contribution in [0.15, 0.2) is 12.7 Å². The Bertz CT molecular complexity index is 334. The van der Waals surface area contributed by atoms with Crippen LogP contribution in [0.5, 0.6) is 0 Å². The Hall–Kier alpha value is -1.07. The van der Waals surface area contributed by atoms with Gasteiger partial charge in [0.15, 0.2) is 0 Å². The summed E-state index contributed by atoms with van der Waals surface area (Å²) in [6, 6.07) is 0.970. The van der Waals surface area contributed by atoms with Gasteiger partial charge in [-0.15, -0.1) is 6.58 Å². The van der Waals surface area contributed by atoms with Crippen LogP contribution in [0.1, 0.15) is 38.5 Å². The maximum atomic E-state index is 12.2. The summed E-state index contributed by atoms with van der Waals surface area (Å²) in [7, 11) is 0. The molecule has 5 heteroatoms. The Balaban J connectivity index is 1.73. The van der Waals surface area contributed by atoms with Crippen LogP contribution in [0, 0.1) is 0 Å². The maximum absolute atomic E-state index is 12.2. The topological polar surface area (TPSA) is 55.8 Å². The number of nitrogens with zero attached hydrogens (tertiary/aromatic N) is 2. The maximum Gasteiger partial charge on any atom is 0.317 e. The van der Waals surface area contributed by atoms with E-state index < -0.39 is 0 Å². The highest BCUT2D eigenvalue weighted by atomic mass is 16.3. The largest absolute Gasteiger partial charge is 0.395 e. The van der Waals surface area contributed by atoms with E-state index in [0.717, 1.165) is 32.0 Å². The van der Waals surface area contributed by atoms with E-state index in [4.69, 9.17) is 5.11 Å². The average molecular weight is 295 g/mol. The Morgan fingerprint density at radius 2 is 1.95 bits per heavy atom. The quantitative estimate of drug-likeness (QED) is 0.732. The van der Waals surface area contributed by atoms with Gasteiger partial charge in [0.2, 0.25) is 0 Å². The Morgan fingerprint density at radius 1 is 1.29 bits per heavy atom. The first kappa shape index (κ1) is 16.3. The molecule has 2 aliphatic rings. The van der Waals surface area contributed by atoms with Gasteiger partial charge in [0.25, 0.3) is 0 Å². The summed E-state index contributed by atoms with van der Waals surface area (Å²) in [6.07, 6.45) is 9.20. The van der Waals surface area contributed by atoms with Crippen LogP contribution in [0.4, 0.5) is 4.79 Å². The molecule has 0 aromatic carbocycles. The van der Waals surface area contributed by atoms with E-state index in [2.05, 4.69) is 16.8 Å². The molecule has 1 heterocycles. The highest BCUT2D eigenvalue weighted by Crippen LogP contribution is 2.26. The van der Waals surface area contributed by atoms with Crippen molar-refractivity contribution in [2.75, 3.05) is 32.8 Å². The van der Waals surface area contributed by atoms with Gasteiger partial charge in [-0.25, -0.2) is 4.79 Å². The van der Waals surface area contributed by atoms with Crippen molar-refractivity contribution in [3.8, 4) is 0 Å². The standard InChI is InChI=1S/C16H29N3O2/c1-2-9-19(12-13-20)16(21)17-14-7-10-18(11-8-14)15-5-3-4-6-15/h2,14-15,20H,1,3-13H2,(H,17,21). The molecule has 21 heavy (non-hydrogen) atoms. The lowest BCUT2D eigenvalue weighted by Crippen LogP contribution is -2.51. The lowest BCUT2D eigenvalue weighted by Gasteiger charge is -2.36. The molecule has 2 N–H and O–H groups in total. The van der Waals surface area contributed by atoms with Gasteiger partial charge in [0, 0.05) is 38.3 Å². The third kappa shape index (κ3) is 4.71. The molecule has 0 aromatic rings. The van der Waals surface area contributed by atoms with Gasteiger partial charge < -0.3 is 20.2 Å². The molecule has 1 aliphatic heterocycles. The monoisotopic (exact) mass is 295 g/mol. The van der Waals surface area contributed by atoms with E-state index in [0.29, 0.717) is 13.1 Å². The van der Waals surface area contributed by atoms with Crippen LogP contribution >= 0.6 is 0 Å². The number of rotatable bonds is 6. The van der Waals surface area contributed by atoms with Crippen molar-refractivity contribution in [3.63, 3.8) is 0 Å². The van der Waals surface area contributed by atoms with E-state index in [1.807, 2.05) is 0 Å². The van der Waals surface area contributed by atoms with Gasteiger partial charge in [0.05, 0.1) is 6.61 Å². The second-order valence-corrected chi connectivity index (χ2v) is 6.16. The summed E-state index contributed by atoms with van der Waals surface area (Å²) in [5.74, 6) is 0. The number of nitrogens with one attached hydrogen (secondary N) is 1. The van der Waals surface area contributed by atoms with E-state index in [9.17, 15) is 4.79 Å². The molecule has 2 amide bonds. The minimum Gasteiger partial charge on any atom is -0.395 e. The van der Waals surface area contributed by atoms with Crippen molar-refractivity contribution < 1.29 is 9.90 Å². The summed E-state index contributed by atoms with van der Waals surface area (Å²) in [4.78, 5) is 16.4. The molecule has 1 saturated carbocycles. The molecule has 5 nitrogen and oxygen atoms in total. The molecule has 1 saturated heterocycles. The number of carbonyl (C=O) groups is 1. The Labute approximate surface area is 128 Å². The first-order chi connectivity index (χ1) is 10.2. The van der Waals surface area contributed by atoms with Crippen LogP contribution < -0.4 is 5.32 Å². The SMILES string of the molecule is C=CCN(CCO)C(=O)NC1CCN(C2CCCC2)CC1. The van der Waals surface area contributed by atoms with E-state index in [1.165, 1.54) is 25.7 Å². The fourth-order valence-electron chi connectivity index (χ4n) is 3.50. The minimum atomic E-state index is -0.0803. The van der Waals surface area contributed by atoms with Crippen LogP contribution in [-0.2, 0) is 0 Å². The number of amides is 2. The predicted octanol–water partition coefficient (Wildman–Crippen LogP) is 1.58. The number of hydrogen-bond donors (Lipinski definition) is 2. The molecule has 120 valence electrons. The number of aliphatic hydroxyl groups excluding tert-OH is 1. The molecular weight excluding hydrogens is 266 g/mol. The summed E-state index contributed by atoms with van der Waals surface area (Å²) >= 11 is 0. The number of aliphatic hydroxyl groups is 1. The number of hydrogen-bond acceptors (Lipinski definition) is 3. The van der Waals surface area contributed by atoms with Gasteiger partial charge in [-0.1, -0.05) is 18.9 Å². The zero-order valence-electron chi connectivity index (χ0n) is 13.0. The van der Waals surface area contributed by atoms with Crippen LogP contribution in [0.3, 0.4) is 0 Å². The van der Waals surface area contributed by atoms with Crippen LogP contribution in [0.25, 0.3) is 0 Å². The van der Waals surface area contributed by atoms with Crippen molar-refractivity contribution in [2.45, 2.75) is 50.6 Å². The van der Waals surface area contributed by atoms with E-state index >= 15 is 0 Å². The summed E-state index contributed by atoms with van der Waals surface area (Å²) in [5, 5.41) is 12.1. The molecular formula is C16H29N3O2. The molecule has 1 aliphatic carbocycles. The molecule has 0 unspecified atom stereocenters. The lowest BCUT2D eigenvalue weighted by atomic mass is 10.0. The zero-order chi connectivity index (χ0) is 15.1. The van der Waals surface area contributed by atoms with Crippen LogP contribution in [-0.4, -0.2) is 65.8 Å². The van der Waals surface area contributed by atoms with Crippen molar-refractivity contribution in [3.05, 3.63) is 12.7 Å². The molecule has 2 fully saturated rings. The fraction of sp³-hybridized carbons (Fsp3) is 0.812. The highest BCUT2D eigenvalue weighted by Gasteiger charge is 2.28. The zero-order valence-corrected chi connectivity index (χ0v) is 13.0. The molecule has 0 aromatic heterocycles. The Morgan fingerprint density at radius 3 is 2.52 bits per heavy atom. The van der Waals surface area contributed by atoms with E-state index in [1.54, 1.807) is 11.0 Å². The van der Waals surface area contributed by atoms with Gasteiger partial charge >= 0.3 is 6.03 Å². The summed E-state index contributed by atoms with van der Waals surface area (Å²) < 4.78 is 0. The smallest absolute Gasteiger partial charge is 0.317 e. The third-order valence-corrected chi connectivity index (χ3v) is 4.70. The van der Waals surface area contributed by atoms with Gasteiger partial charge in [-0.2, -0.15) is 0 Å². The van der Waals surface area contributed by atoms with Gasteiger partial charge in [0.1, 0.15) is 0 Å². The van der Waals surface area contributed by atoms with Gasteiger partial charge in [-0.05, 0) is 25.7 Å². The van der Waals surface area contributed by atoms with Crippen molar-refractivity contribution in [1.29, 1.82) is 0 Å². The van der Waals surface area contributed by atoms with Crippen LogP contribution in [0.2, 0.25) is 0 Å². The Kier molecular flexibility index (Phi) is 6.51. The minimum absolute atomic E-state index is 0.0125. The number of likely N-dealkylation sites (tertiary alicyclic amines) is 1. The third-order valence-electron chi connectivity index (χ3n) is 4.70. The first-order valence-electron chi connectivity index (χ1n) is 8.26. The van der Waals surface area contributed by atoms with E-state index in [-0.39, 0.29) is 18.7 Å². The highest BCUT2D eigenvalue weighted by molar-refractivity contribution is 5.74. The second-order valence-electron chi connectivity index (χ2n) is 6.16. The number of urea groups is 1. The fourth-order valence-corrected chi connectivity index (χ4v) is 3.50. The molecule has 0 bridgehead atoms. The number of carbonyl (C=O) groups excluding carboxylic acids is 1. The van der Waals surface area contributed by atoms with Crippen molar-refractivity contribution >= 4 is 6.03 Å². The first-order valence-corrected chi connectivity index (χ1v) is 8.26. The molecule has 2 rings (SSSR count). The predicted molar refractivity (Wildman–Crippen MR) is 84.2 cm³/mol. The molecule has 0 radical (unpaired) electrons. The normalized spacial score (nSPS) is 21.4. The van der Waals surface area contributed by atoms with Gasteiger partial charge in [-0.3, -0.25) is 0 Å². The van der Waals surface area contributed by atoms with Crippen molar-refractivity contribution in [2.24, 2.45) is 0 Å². The molecule has 0 spiro atoms. The lowest BCUT2D eigenvalue weighted by molar-refractivity contribution is 0.138. The average Bonchev–Trinajstić information content (AvgIpc) is 3.02.